The Kier molecular flexibility index (Phi) is 4.65. The van der Waals surface area contributed by atoms with Gasteiger partial charge in [0.1, 0.15) is 5.82 Å². The number of rotatable bonds is 3. The number of fused-ring (bicyclic) bond motifs is 4. The number of nitrogens with zero attached hydrogens (tertiary/aromatic N) is 2. The molecule has 4 fully saturated rings. The lowest BCUT2D eigenvalue weighted by Crippen LogP contribution is -2.68. The predicted octanol–water partition coefficient (Wildman–Crippen LogP) is 2.48. The zero-order valence-corrected chi connectivity index (χ0v) is 16.9. The first kappa shape index (κ1) is 19.0. The van der Waals surface area contributed by atoms with Gasteiger partial charge >= 0.3 is 0 Å². The molecule has 0 aromatic heterocycles. The molecule has 0 unspecified atom stereocenters. The summed E-state index contributed by atoms with van der Waals surface area (Å²) in [6.07, 6.45) is 6.78. The van der Waals surface area contributed by atoms with Crippen LogP contribution in [0.2, 0.25) is 0 Å². The molecule has 0 spiro atoms. The Balaban J connectivity index is 1.44. The lowest BCUT2D eigenvalue weighted by atomic mass is 9.69. The Morgan fingerprint density at radius 3 is 2.72 bits per heavy atom. The van der Waals surface area contributed by atoms with E-state index in [-0.39, 0.29) is 35.6 Å². The van der Waals surface area contributed by atoms with Crippen molar-refractivity contribution in [3.05, 3.63) is 35.6 Å². The van der Waals surface area contributed by atoms with Crippen molar-refractivity contribution in [2.45, 2.75) is 69.0 Å². The summed E-state index contributed by atoms with van der Waals surface area (Å²) in [6.45, 7) is 1.38. The van der Waals surface area contributed by atoms with Crippen LogP contribution in [0.15, 0.2) is 24.3 Å². The quantitative estimate of drug-likeness (QED) is 0.849. The van der Waals surface area contributed by atoms with Gasteiger partial charge in [0.25, 0.3) is 0 Å². The second-order valence-corrected chi connectivity index (χ2v) is 9.64. The number of nitrogens with two attached hydrogens (primary N) is 1. The van der Waals surface area contributed by atoms with E-state index in [0.29, 0.717) is 25.3 Å². The number of hydrogen-bond donors (Lipinski definition) is 1. The average Bonchev–Trinajstić information content (AvgIpc) is 2.69. The standard InChI is InChI=1S/C23H30FN3O2/c24-18-5-1-4-15(10-18)11-20-17-12-16(19-6-2-7-21(28)27(19)20)13-26(14-17)22(29)23(25)8-3-9-23/h1,4-5,10,16-17,19-20H,2-3,6-9,11-14,25H2/t16-,17+,19+,20+/m1/s1. The second kappa shape index (κ2) is 7.08. The van der Waals surface area contributed by atoms with E-state index in [1.165, 1.54) is 6.07 Å². The fraction of sp³-hybridized carbons (Fsp3) is 0.652. The molecule has 3 aliphatic heterocycles. The van der Waals surface area contributed by atoms with E-state index in [1.54, 1.807) is 12.1 Å². The summed E-state index contributed by atoms with van der Waals surface area (Å²) in [5.41, 5.74) is 6.60. The minimum Gasteiger partial charge on any atom is -0.340 e. The van der Waals surface area contributed by atoms with Crippen molar-refractivity contribution < 1.29 is 14.0 Å². The molecule has 5 nitrogen and oxygen atoms in total. The van der Waals surface area contributed by atoms with Crippen molar-refractivity contribution in [3.8, 4) is 0 Å². The molecule has 2 amide bonds. The van der Waals surface area contributed by atoms with Crippen LogP contribution in [-0.4, -0.2) is 52.3 Å². The molecule has 1 aromatic carbocycles. The van der Waals surface area contributed by atoms with Crippen molar-refractivity contribution >= 4 is 11.8 Å². The Labute approximate surface area is 171 Å². The summed E-state index contributed by atoms with van der Waals surface area (Å²) in [7, 11) is 0. The number of benzene rings is 1. The van der Waals surface area contributed by atoms with Gasteiger partial charge in [-0.05, 0) is 74.5 Å². The van der Waals surface area contributed by atoms with Crippen LogP contribution in [0, 0.1) is 17.7 Å². The lowest BCUT2D eigenvalue weighted by molar-refractivity contribution is -0.159. The molecule has 4 atom stereocenters. The number of piperidine rings is 3. The maximum Gasteiger partial charge on any atom is 0.242 e. The highest BCUT2D eigenvalue weighted by atomic mass is 19.1. The highest BCUT2D eigenvalue weighted by Crippen LogP contribution is 2.43. The third kappa shape index (κ3) is 3.25. The molecule has 2 bridgehead atoms. The van der Waals surface area contributed by atoms with Gasteiger partial charge in [-0.15, -0.1) is 0 Å². The molecule has 1 saturated carbocycles. The smallest absolute Gasteiger partial charge is 0.242 e. The van der Waals surface area contributed by atoms with Crippen molar-refractivity contribution in [2.24, 2.45) is 17.6 Å². The maximum atomic E-state index is 13.8. The van der Waals surface area contributed by atoms with Gasteiger partial charge in [-0.3, -0.25) is 9.59 Å². The van der Waals surface area contributed by atoms with Crippen LogP contribution in [0.3, 0.4) is 0 Å². The fourth-order valence-corrected chi connectivity index (χ4v) is 6.20. The fourth-order valence-electron chi connectivity index (χ4n) is 6.20. The van der Waals surface area contributed by atoms with Gasteiger partial charge in [0.15, 0.2) is 0 Å². The van der Waals surface area contributed by atoms with Gasteiger partial charge in [-0.25, -0.2) is 4.39 Å². The van der Waals surface area contributed by atoms with Crippen LogP contribution in [0.25, 0.3) is 0 Å². The maximum absolute atomic E-state index is 13.8. The summed E-state index contributed by atoms with van der Waals surface area (Å²) < 4.78 is 13.8. The molecule has 6 heteroatoms. The van der Waals surface area contributed by atoms with Gasteiger partial charge < -0.3 is 15.5 Å². The summed E-state index contributed by atoms with van der Waals surface area (Å²) in [5.74, 6) is 0.635. The van der Waals surface area contributed by atoms with Gasteiger partial charge in [-0.2, -0.15) is 0 Å². The Bertz CT molecular complexity index is 824. The zero-order valence-electron chi connectivity index (χ0n) is 16.9. The summed E-state index contributed by atoms with van der Waals surface area (Å²) in [6, 6.07) is 6.92. The van der Waals surface area contributed by atoms with E-state index in [1.807, 2.05) is 11.0 Å². The average molecular weight is 400 g/mol. The van der Waals surface area contributed by atoms with Crippen LogP contribution < -0.4 is 5.73 Å². The molecule has 5 rings (SSSR count). The Hall–Kier alpha value is -1.95. The van der Waals surface area contributed by atoms with Crippen LogP contribution in [0.5, 0.6) is 0 Å². The van der Waals surface area contributed by atoms with Crippen LogP contribution in [0.1, 0.15) is 50.5 Å². The highest BCUT2D eigenvalue weighted by molar-refractivity contribution is 5.87. The summed E-state index contributed by atoms with van der Waals surface area (Å²) >= 11 is 0. The third-order valence-electron chi connectivity index (χ3n) is 7.79. The Morgan fingerprint density at radius 2 is 2.00 bits per heavy atom. The number of hydrogen-bond acceptors (Lipinski definition) is 3. The topological polar surface area (TPSA) is 66.6 Å². The first-order valence-electron chi connectivity index (χ1n) is 11.1. The van der Waals surface area contributed by atoms with Crippen molar-refractivity contribution in [1.29, 1.82) is 0 Å². The molecule has 1 aromatic rings. The van der Waals surface area contributed by atoms with E-state index < -0.39 is 5.54 Å². The van der Waals surface area contributed by atoms with Gasteiger partial charge in [0.05, 0.1) is 5.54 Å². The zero-order chi connectivity index (χ0) is 20.2. The van der Waals surface area contributed by atoms with Gasteiger partial charge in [-0.1, -0.05) is 12.1 Å². The van der Waals surface area contributed by atoms with Crippen molar-refractivity contribution in [3.63, 3.8) is 0 Å². The minimum absolute atomic E-state index is 0.0246. The second-order valence-electron chi connectivity index (χ2n) is 9.64. The number of halogens is 1. The SMILES string of the molecule is NC1(C(=O)N2C[C@H]3C[C@@H](C2)[C@H](Cc2cccc(F)c2)N2C(=O)CCC[C@@H]32)CCC1. The largest absolute Gasteiger partial charge is 0.340 e. The number of likely N-dealkylation sites (tertiary alicyclic amines) is 1. The molecule has 1 aliphatic carbocycles. The van der Waals surface area contributed by atoms with E-state index in [4.69, 9.17) is 5.73 Å². The number of amides is 2. The molecular weight excluding hydrogens is 369 g/mol. The summed E-state index contributed by atoms with van der Waals surface area (Å²) in [5, 5.41) is 0. The molecule has 0 radical (unpaired) electrons. The molecule has 4 aliphatic rings. The molecule has 2 N–H and O–H groups in total. The first-order valence-corrected chi connectivity index (χ1v) is 11.1. The lowest BCUT2D eigenvalue weighted by Gasteiger charge is -2.57. The summed E-state index contributed by atoms with van der Waals surface area (Å²) in [4.78, 5) is 30.2. The molecule has 29 heavy (non-hydrogen) atoms. The normalized spacial score (nSPS) is 33.1. The first-order chi connectivity index (χ1) is 13.9. The van der Waals surface area contributed by atoms with Crippen molar-refractivity contribution in [2.75, 3.05) is 13.1 Å². The van der Waals surface area contributed by atoms with E-state index >= 15 is 0 Å². The number of carbonyl (C=O) groups excluding carboxylic acids is 2. The molecule has 156 valence electrons. The van der Waals surface area contributed by atoms with Gasteiger partial charge in [0, 0.05) is 31.6 Å². The third-order valence-corrected chi connectivity index (χ3v) is 7.79. The van der Waals surface area contributed by atoms with Crippen LogP contribution in [-0.2, 0) is 16.0 Å². The molecule has 3 saturated heterocycles. The van der Waals surface area contributed by atoms with E-state index in [9.17, 15) is 14.0 Å². The minimum atomic E-state index is -0.675. The van der Waals surface area contributed by atoms with E-state index in [2.05, 4.69) is 4.90 Å². The van der Waals surface area contributed by atoms with Crippen molar-refractivity contribution in [1.82, 2.24) is 9.80 Å². The van der Waals surface area contributed by atoms with Crippen LogP contribution in [0.4, 0.5) is 4.39 Å². The van der Waals surface area contributed by atoms with Crippen LogP contribution >= 0.6 is 0 Å². The monoisotopic (exact) mass is 399 g/mol. The Morgan fingerprint density at radius 1 is 1.21 bits per heavy atom. The van der Waals surface area contributed by atoms with Gasteiger partial charge in [0.2, 0.25) is 11.8 Å². The molecular formula is C23H30FN3O2. The number of carbonyl (C=O) groups is 2. The predicted molar refractivity (Wildman–Crippen MR) is 107 cm³/mol. The highest BCUT2D eigenvalue weighted by Gasteiger charge is 2.52. The molecule has 3 heterocycles. The van der Waals surface area contributed by atoms with E-state index in [0.717, 1.165) is 50.6 Å².